The Bertz CT molecular complexity index is 784. The van der Waals surface area contributed by atoms with Gasteiger partial charge in [-0.2, -0.15) is 5.10 Å². The molecule has 3 aliphatic rings. The molecule has 3 heterocycles. The third kappa shape index (κ3) is 3.18. The van der Waals surface area contributed by atoms with Gasteiger partial charge >= 0.3 is 0 Å². The molecule has 0 radical (unpaired) electrons. The van der Waals surface area contributed by atoms with Crippen molar-refractivity contribution in [1.29, 1.82) is 0 Å². The maximum atomic E-state index is 12.6. The fraction of sp³-hybridized carbons (Fsp3) is 0.579. The molecule has 2 aromatic heterocycles. The van der Waals surface area contributed by atoms with E-state index in [1.807, 2.05) is 11.0 Å². The molecule has 0 aromatic carbocycles. The maximum absolute atomic E-state index is 12.6. The molecule has 1 N–H and O–H groups in total. The number of aromatic amines is 1. The molecule has 3 fully saturated rings. The van der Waals surface area contributed by atoms with Crippen LogP contribution < -0.4 is 4.74 Å². The van der Waals surface area contributed by atoms with Crippen LogP contribution in [-0.2, 0) is 4.79 Å². The van der Waals surface area contributed by atoms with Crippen molar-refractivity contribution < 1.29 is 9.53 Å². The molecule has 7 heteroatoms. The van der Waals surface area contributed by atoms with Gasteiger partial charge in [0.15, 0.2) is 12.4 Å². The Morgan fingerprint density at radius 2 is 2.15 bits per heavy atom. The van der Waals surface area contributed by atoms with Gasteiger partial charge in [0.2, 0.25) is 0 Å². The summed E-state index contributed by atoms with van der Waals surface area (Å²) in [6.45, 7) is 1.55. The first-order chi connectivity index (χ1) is 12.8. The molecule has 1 amide bonds. The quantitative estimate of drug-likeness (QED) is 0.860. The Labute approximate surface area is 152 Å². The largest absolute Gasteiger partial charge is 0.482 e. The van der Waals surface area contributed by atoms with Crippen molar-refractivity contribution in [3.8, 4) is 5.75 Å². The maximum Gasteiger partial charge on any atom is 0.260 e. The first-order valence-electron chi connectivity index (χ1n) is 9.50. The number of ether oxygens (including phenoxy) is 1. The van der Waals surface area contributed by atoms with E-state index in [1.54, 1.807) is 18.5 Å². The molecule has 7 nitrogen and oxygen atoms in total. The molecule has 2 atom stereocenters. The molecule has 2 saturated carbocycles. The van der Waals surface area contributed by atoms with Crippen molar-refractivity contribution >= 4 is 5.91 Å². The second-order valence-corrected chi connectivity index (χ2v) is 7.74. The van der Waals surface area contributed by atoms with Gasteiger partial charge in [0.05, 0.1) is 6.20 Å². The predicted octanol–water partition coefficient (Wildman–Crippen LogP) is 2.11. The first-order valence-corrected chi connectivity index (χ1v) is 9.50. The zero-order chi connectivity index (χ0) is 17.5. The lowest BCUT2D eigenvalue weighted by atomic mass is 9.91. The van der Waals surface area contributed by atoms with Crippen LogP contribution in [0.1, 0.15) is 49.2 Å². The van der Waals surface area contributed by atoms with Crippen LogP contribution in [0.25, 0.3) is 0 Å². The van der Waals surface area contributed by atoms with Gasteiger partial charge in [-0.25, -0.2) is 4.98 Å². The second kappa shape index (κ2) is 6.37. The van der Waals surface area contributed by atoms with E-state index in [4.69, 9.17) is 9.72 Å². The molecule has 26 heavy (non-hydrogen) atoms. The number of nitrogens with one attached hydrogen (secondary N) is 1. The van der Waals surface area contributed by atoms with E-state index in [9.17, 15) is 4.79 Å². The Morgan fingerprint density at radius 3 is 2.88 bits per heavy atom. The number of rotatable bonds is 6. The average Bonchev–Trinajstić information content (AvgIpc) is 3.61. The number of carbonyl (C=O) groups is 1. The molecule has 5 rings (SSSR count). The van der Waals surface area contributed by atoms with E-state index in [0.717, 1.165) is 18.2 Å². The van der Waals surface area contributed by atoms with Crippen LogP contribution in [0.4, 0.5) is 0 Å². The third-order valence-corrected chi connectivity index (χ3v) is 5.76. The number of hydrogen-bond donors (Lipinski definition) is 1. The summed E-state index contributed by atoms with van der Waals surface area (Å²) in [5.41, 5.74) is 0. The Morgan fingerprint density at radius 1 is 1.27 bits per heavy atom. The zero-order valence-corrected chi connectivity index (χ0v) is 14.7. The van der Waals surface area contributed by atoms with Crippen LogP contribution in [0, 0.1) is 11.8 Å². The van der Waals surface area contributed by atoms with Crippen molar-refractivity contribution in [2.75, 3.05) is 19.7 Å². The summed E-state index contributed by atoms with van der Waals surface area (Å²) in [6.07, 6.45) is 8.24. The summed E-state index contributed by atoms with van der Waals surface area (Å²) in [6, 6.07) is 3.62. The molecule has 0 spiro atoms. The van der Waals surface area contributed by atoms with Crippen molar-refractivity contribution in [3.05, 3.63) is 36.2 Å². The predicted molar refractivity (Wildman–Crippen MR) is 93.6 cm³/mol. The van der Waals surface area contributed by atoms with Crippen molar-refractivity contribution in [2.45, 2.75) is 37.5 Å². The van der Waals surface area contributed by atoms with E-state index in [-0.39, 0.29) is 18.4 Å². The molecule has 1 aliphatic heterocycles. The molecule has 1 saturated heterocycles. The van der Waals surface area contributed by atoms with Gasteiger partial charge in [0.1, 0.15) is 11.6 Å². The van der Waals surface area contributed by atoms with Crippen LogP contribution in [-0.4, -0.2) is 50.7 Å². The molecule has 0 bridgehead atoms. The minimum absolute atomic E-state index is 0.0314. The van der Waals surface area contributed by atoms with Crippen molar-refractivity contribution in [1.82, 2.24) is 25.1 Å². The van der Waals surface area contributed by atoms with Gasteiger partial charge in [-0.15, -0.1) is 0 Å². The number of nitrogens with zero attached hydrogens (tertiary/aromatic N) is 4. The van der Waals surface area contributed by atoms with Gasteiger partial charge in [-0.05, 0) is 49.7 Å². The minimum Gasteiger partial charge on any atom is -0.482 e. The minimum atomic E-state index is 0.0314. The lowest BCUT2D eigenvalue weighted by Crippen LogP contribution is -2.33. The van der Waals surface area contributed by atoms with Crippen LogP contribution in [0.3, 0.4) is 0 Å². The summed E-state index contributed by atoms with van der Waals surface area (Å²) < 4.78 is 5.59. The van der Waals surface area contributed by atoms with Gasteiger partial charge in [0, 0.05) is 31.1 Å². The summed E-state index contributed by atoms with van der Waals surface area (Å²) in [5, 5.41) is 7.57. The van der Waals surface area contributed by atoms with E-state index >= 15 is 0 Å². The number of carbonyl (C=O) groups excluding carboxylic acids is 1. The van der Waals surface area contributed by atoms with Crippen molar-refractivity contribution in [3.63, 3.8) is 0 Å². The zero-order valence-electron chi connectivity index (χ0n) is 14.7. The van der Waals surface area contributed by atoms with Gasteiger partial charge in [0.25, 0.3) is 5.91 Å². The number of aromatic nitrogens is 4. The summed E-state index contributed by atoms with van der Waals surface area (Å²) >= 11 is 0. The van der Waals surface area contributed by atoms with Gasteiger partial charge < -0.3 is 9.64 Å². The normalized spacial score (nSPS) is 25.5. The van der Waals surface area contributed by atoms with Gasteiger partial charge in [-0.3, -0.25) is 14.9 Å². The lowest BCUT2D eigenvalue weighted by Gasteiger charge is -2.16. The number of H-pyrrole nitrogens is 1. The van der Waals surface area contributed by atoms with E-state index < -0.39 is 0 Å². The molecular weight excluding hydrogens is 330 g/mol. The second-order valence-electron chi connectivity index (χ2n) is 7.74. The van der Waals surface area contributed by atoms with Crippen LogP contribution in [0.2, 0.25) is 0 Å². The summed E-state index contributed by atoms with van der Waals surface area (Å²) in [5.74, 6) is 4.59. The monoisotopic (exact) mass is 353 g/mol. The topological polar surface area (TPSA) is 84.0 Å². The number of amides is 1. The molecule has 136 valence electrons. The molecule has 2 aliphatic carbocycles. The fourth-order valence-corrected chi connectivity index (χ4v) is 3.97. The smallest absolute Gasteiger partial charge is 0.260 e. The number of pyridine rings is 1. The average molecular weight is 353 g/mol. The SMILES string of the molecule is O=C(COc1cccnc1)N1C[C@H](c2nc(C3CC3)n[nH]2)[C@@H](C2CC2)C1. The number of hydrogen-bond acceptors (Lipinski definition) is 5. The van der Waals surface area contributed by atoms with Crippen molar-refractivity contribution in [2.24, 2.45) is 11.8 Å². The highest BCUT2D eigenvalue weighted by atomic mass is 16.5. The highest BCUT2D eigenvalue weighted by Crippen LogP contribution is 2.47. The molecule has 2 aromatic rings. The van der Waals surface area contributed by atoms with Crippen LogP contribution in [0.5, 0.6) is 5.75 Å². The van der Waals surface area contributed by atoms with E-state index in [0.29, 0.717) is 30.0 Å². The molecule has 0 unspecified atom stereocenters. The van der Waals surface area contributed by atoms with E-state index in [2.05, 4.69) is 15.2 Å². The van der Waals surface area contributed by atoms with Crippen LogP contribution in [0.15, 0.2) is 24.5 Å². The Kier molecular flexibility index (Phi) is 3.87. The Balaban J connectivity index is 1.26. The number of likely N-dealkylation sites (tertiary alicyclic amines) is 1. The Hall–Kier alpha value is -2.44. The first kappa shape index (κ1) is 15.8. The van der Waals surface area contributed by atoms with Gasteiger partial charge in [-0.1, -0.05) is 0 Å². The standard InChI is InChI=1S/C19H23N5O2/c25-17(11-26-14-2-1-7-20-8-14)24-9-15(12-3-4-12)16(10-24)19-21-18(22-23-19)13-5-6-13/h1-2,7-8,12-13,15-16H,3-6,9-11H2,(H,21,22,23)/t15-,16+/m1/s1. The summed E-state index contributed by atoms with van der Waals surface area (Å²) in [7, 11) is 0. The highest BCUT2D eigenvalue weighted by molar-refractivity contribution is 5.78. The highest BCUT2D eigenvalue weighted by Gasteiger charge is 2.46. The molecular formula is C19H23N5O2. The van der Waals surface area contributed by atoms with E-state index in [1.165, 1.54) is 25.7 Å². The lowest BCUT2D eigenvalue weighted by molar-refractivity contribution is -0.132. The van der Waals surface area contributed by atoms with Crippen LogP contribution >= 0.6 is 0 Å². The third-order valence-electron chi connectivity index (χ3n) is 5.76. The summed E-state index contributed by atoms with van der Waals surface area (Å²) in [4.78, 5) is 23.3. The fourth-order valence-electron chi connectivity index (χ4n) is 3.97.